The molecule has 9 heteroatoms. The second-order valence-corrected chi connectivity index (χ2v) is 8.56. The number of methoxy groups -OCH3 is 2. The summed E-state index contributed by atoms with van der Waals surface area (Å²) in [5, 5.41) is 3.80. The Hall–Kier alpha value is -3.88. The van der Waals surface area contributed by atoms with Gasteiger partial charge in [0.05, 0.1) is 36.3 Å². The molecule has 1 heterocycles. The maximum absolute atomic E-state index is 13.7. The van der Waals surface area contributed by atoms with Gasteiger partial charge < -0.3 is 19.7 Å². The zero-order valence-electron chi connectivity index (χ0n) is 20.3. The summed E-state index contributed by atoms with van der Waals surface area (Å²) in [6.07, 6.45) is 0. The van der Waals surface area contributed by atoms with Crippen LogP contribution in [-0.2, 0) is 4.74 Å². The van der Waals surface area contributed by atoms with Crippen molar-refractivity contribution in [3.8, 4) is 11.4 Å². The Bertz CT molecular complexity index is 1410. The number of fused-ring (bicyclic) bond motifs is 1. The highest BCUT2D eigenvalue weighted by atomic mass is 35.5. The highest BCUT2D eigenvalue weighted by Gasteiger charge is 2.27. The van der Waals surface area contributed by atoms with E-state index in [1.165, 1.54) is 4.57 Å². The molecular formula is C27H27ClN4O4. The molecule has 0 fully saturated rings. The summed E-state index contributed by atoms with van der Waals surface area (Å²) >= 11 is 6.21. The molecular weight excluding hydrogens is 480 g/mol. The number of urea groups is 1. The quantitative estimate of drug-likeness (QED) is 0.351. The van der Waals surface area contributed by atoms with Gasteiger partial charge in [-0.1, -0.05) is 29.8 Å². The molecule has 1 atom stereocenters. The number of anilines is 1. The van der Waals surface area contributed by atoms with E-state index in [0.717, 1.165) is 0 Å². The summed E-state index contributed by atoms with van der Waals surface area (Å²) in [4.78, 5) is 33.5. The Morgan fingerprint density at radius 1 is 1.08 bits per heavy atom. The first-order valence-electron chi connectivity index (χ1n) is 11.4. The number of hydrogen-bond acceptors (Lipinski definition) is 5. The van der Waals surface area contributed by atoms with Crippen molar-refractivity contribution >= 4 is 34.2 Å². The van der Waals surface area contributed by atoms with Gasteiger partial charge in [-0.15, -0.1) is 0 Å². The van der Waals surface area contributed by atoms with Crippen LogP contribution in [0.25, 0.3) is 16.6 Å². The Labute approximate surface area is 214 Å². The fourth-order valence-electron chi connectivity index (χ4n) is 3.95. The fraction of sp³-hybridized carbons (Fsp3) is 0.222. The molecule has 0 aliphatic heterocycles. The monoisotopic (exact) mass is 506 g/mol. The third-order valence-electron chi connectivity index (χ3n) is 5.85. The molecule has 4 aromatic rings. The second-order valence-electron chi connectivity index (χ2n) is 8.13. The first kappa shape index (κ1) is 25.2. The molecule has 0 aliphatic carbocycles. The molecule has 1 N–H and O–H groups in total. The Morgan fingerprint density at radius 3 is 2.47 bits per heavy atom. The lowest BCUT2D eigenvalue weighted by Crippen LogP contribution is -2.41. The summed E-state index contributed by atoms with van der Waals surface area (Å²) in [6, 6.07) is 20.3. The van der Waals surface area contributed by atoms with Gasteiger partial charge in [-0.05, 0) is 61.5 Å². The van der Waals surface area contributed by atoms with Gasteiger partial charge in [-0.25, -0.2) is 9.78 Å². The van der Waals surface area contributed by atoms with E-state index in [4.69, 9.17) is 26.1 Å². The maximum atomic E-state index is 13.7. The lowest BCUT2D eigenvalue weighted by molar-refractivity contribution is 0.137. The van der Waals surface area contributed by atoms with Crippen LogP contribution in [0, 0.1) is 0 Å². The molecule has 8 nitrogen and oxygen atoms in total. The minimum absolute atomic E-state index is 0.265. The van der Waals surface area contributed by atoms with Gasteiger partial charge in [0.1, 0.15) is 11.6 Å². The number of amides is 2. The van der Waals surface area contributed by atoms with E-state index >= 15 is 0 Å². The minimum atomic E-state index is -0.595. The summed E-state index contributed by atoms with van der Waals surface area (Å²) in [5.74, 6) is 1.05. The van der Waals surface area contributed by atoms with E-state index in [0.29, 0.717) is 45.5 Å². The molecule has 1 aromatic heterocycles. The number of carbonyl (C=O) groups excluding carboxylic acids is 1. The van der Waals surface area contributed by atoms with Crippen LogP contribution in [0.15, 0.2) is 77.6 Å². The standard InChI is InChI=1S/C27H27ClN4O4/c1-18(31(15-16-35-2)27(34)29-20-7-5-4-6-8-20)25-30-24-17-19(28)9-14-23(24)26(33)32(25)21-10-12-22(36-3)13-11-21/h4-14,17-18H,15-16H2,1-3H3,(H,29,34). The van der Waals surface area contributed by atoms with Crippen molar-refractivity contribution in [2.75, 3.05) is 32.7 Å². The number of hydrogen-bond donors (Lipinski definition) is 1. The lowest BCUT2D eigenvalue weighted by atomic mass is 10.2. The van der Waals surface area contributed by atoms with Crippen LogP contribution in [0.4, 0.5) is 10.5 Å². The average Bonchev–Trinajstić information content (AvgIpc) is 2.89. The van der Waals surface area contributed by atoms with Crippen LogP contribution in [-0.4, -0.2) is 47.9 Å². The molecule has 2 amide bonds. The zero-order valence-corrected chi connectivity index (χ0v) is 21.0. The van der Waals surface area contributed by atoms with Crippen molar-refractivity contribution in [1.29, 1.82) is 0 Å². The minimum Gasteiger partial charge on any atom is -0.497 e. The second kappa shape index (κ2) is 11.2. The van der Waals surface area contributed by atoms with Crippen LogP contribution in [0.2, 0.25) is 5.02 Å². The van der Waals surface area contributed by atoms with Crippen molar-refractivity contribution in [2.24, 2.45) is 0 Å². The van der Waals surface area contributed by atoms with Crippen LogP contribution in [0.3, 0.4) is 0 Å². The third kappa shape index (κ3) is 5.35. The van der Waals surface area contributed by atoms with E-state index in [2.05, 4.69) is 5.32 Å². The average molecular weight is 507 g/mol. The number of carbonyl (C=O) groups is 1. The first-order valence-corrected chi connectivity index (χ1v) is 11.8. The van der Waals surface area contributed by atoms with Crippen molar-refractivity contribution in [1.82, 2.24) is 14.5 Å². The maximum Gasteiger partial charge on any atom is 0.322 e. The summed E-state index contributed by atoms with van der Waals surface area (Å²) < 4.78 is 12.1. The highest BCUT2D eigenvalue weighted by Crippen LogP contribution is 2.25. The van der Waals surface area contributed by atoms with Crippen molar-refractivity contribution in [2.45, 2.75) is 13.0 Å². The number of rotatable bonds is 8. The van der Waals surface area contributed by atoms with E-state index in [1.807, 2.05) is 25.1 Å². The van der Waals surface area contributed by atoms with Gasteiger partial charge in [-0.3, -0.25) is 9.36 Å². The number of benzene rings is 3. The molecule has 3 aromatic carbocycles. The molecule has 0 spiro atoms. The van der Waals surface area contributed by atoms with Crippen LogP contribution >= 0.6 is 11.6 Å². The predicted molar refractivity (Wildman–Crippen MR) is 141 cm³/mol. The SMILES string of the molecule is COCCN(C(=O)Nc1ccccc1)C(C)c1nc2cc(Cl)ccc2c(=O)n1-c1ccc(OC)cc1. The van der Waals surface area contributed by atoms with Crippen molar-refractivity contribution in [3.05, 3.63) is 94.0 Å². The molecule has 0 saturated carbocycles. The Morgan fingerprint density at radius 2 is 1.81 bits per heavy atom. The fourth-order valence-corrected chi connectivity index (χ4v) is 4.12. The predicted octanol–water partition coefficient (Wildman–Crippen LogP) is 5.29. The van der Waals surface area contributed by atoms with Gasteiger partial charge in [0.15, 0.2) is 0 Å². The number of halogens is 1. The topological polar surface area (TPSA) is 85.7 Å². The molecule has 1 unspecified atom stereocenters. The first-order chi connectivity index (χ1) is 17.4. The summed E-state index contributed by atoms with van der Waals surface area (Å²) in [5.41, 5.74) is 1.44. The molecule has 186 valence electrons. The van der Waals surface area contributed by atoms with E-state index < -0.39 is 6.04 Å². The van der Waals surface area contributed by atoms with E-state index in [9.17, 15) is 9.59 Å². The third-order valence-corrected chi connectivity index (χ3v) is 6.09. The lowest BCUT2D eigenvalue weighted by Gasteiger charge is -2.30. The van der Waals surface area contributed by atoms with Gasteiger partial charge >= 0.3 is 6.03 Å². The van der Waals surface area contributed by atoms with Gasteiger partial charge in [0, 0.05) is 24.4 Å². The van der Waals surface area contributed by atoms with Gasteiger partial charge in [0.2, 0.25) is 0 Å². The molecule has 0 bridgehead atoms. The van der Waals surface area contributed by atoms with Crippen LogP contribution in [0.5, 0.6) is 5.75 Å². The number of para-hydroxylation sites is 1. The van der Waals surface area contributed by atoms with Crippen LogP contribution < -0.4 is 15.6 Å². The van der Waals surface area contributed by atoms with Crippen molar-refractivity contribution < 1.29 is 14.3 Å². The number of nitrogens with zero attached hydrogens (tertiary/aromatic N) is 3. The zero-order chi connectivity index (χ0) is 25.7. The molecule has 4 rings (SSSR count). The Balaban J connectivity index is 1.85. The normalized spacial score (nSPS) is 11.8. The van der Waals surface area contributed by atoms with Gasteiger partial charge in [-0.2, -0.15) is 0 Å². The largest absolute Gasteiger partial charge is 0.497 e. The summed E-state index contributed by atoms with van der Waals surface area (Å²) in [7, 11) is 3.15. The molecule has 36 heavy (non-hydrogen) atoms. The number of aromatic nitrogens is 2. The highest BCUT2D eigenvalue weighted by molar-refractivity contribution is 6.31. The van der Waals surface area contributed by atoms with Crippen molar-refractivity contribution in [3.63, 3.8) is 0 Å². The number of nitrogens with one attached hydrogen (secondary N) is 1. The number of ether oxygens (including phenoxy) is 2. The molecule has 0 saturated heterocycles. The van der Waals surface area contributed by atoms with Gasteiger partial charge in [0.25, 0.3) is 5.56 Å². The molecule has 0 aliphatic rings. The van der Waals surface area contributed by atoms with E-state index in [-0.39, 0.29) is 18.1 Å². The Kier molecular flexibility index (Phi) is 7.87. The van der Waals surface area contributed by atoms with Crippen LogP contribution in [0.1, 0.15) is 18.8 Å². The summed E-state index contributed by atoms with van der Waals surface area (Å²) in [6.45, 7) is 2.42. The smallest absolute Gasteiger partial charge is 0.322 e. The van der Waals surface area contributed by atoms with E-state index in [1.54, 1.807) is 73.7 Å². The molecule has 0 radical (unpaired) electrons.